The number of carbonyl (C=O) groups excluding carboxylic acids is 1. The van der Waals surface area contributed by atoms with E-state index in [-0.39, 0.29) is 12.1 Å². The van der Waals surface area contributed by atoms with E-state index in [9.17, 15) is 9.90 Å². The molecule has 1 aliphatic heterocycles. The molecule has 2 N–H and O–H groups in total. The van der Waals surface area contributed by atoms with Crippen molar-refractivity contribution in [1.82, 2.24) is 10.2 Å². The van der Waals surface area contributed by atoms with Gasteiger partial charge in [-0.05, 0) is 51.3 Å². The van der Waals surface area contributed by atoms with Crippen molar-refractivity contribution >= 4 is 6.09 Å². The lowest BCUT2D eigenvalue weighted by molar-refractivity contribution is 0.0195. The highest BCUT2D eigenvalue weighted by atomic mass is 16.6. The highest BCUT2D eigenvalue weighted by molar-refractivity contribution is 5.68. The zero-order valence-corrected chi connectivity index (χ0v) is 14.1. The molecule has 1 heterocycles. The molecule has 0 radical (unpaired) electrons. The van der Waals surface area contributed by atoms with Crippen LogP contribution in [-0.4, -0.2) is 41.3 Å². The van der Waals surface area contributed by atoms with Gasteiger partial charge in [0.25, 0.3) is 0 Å². The molecule has 0 bridgehead atoms. The Morgan fingerprint density at radius 2 is 1.91 bits per heavy atom. The van der Waals surface area contributed by atoms with Crippen LogP contribution in [0.15, 0.2) is 12.1 Å². The number of aryl methyl sites for hydroxylation is 2. The van der Waals surface area contributed by atoms with Crippen LogP contribution in [0.5, 0.6) is 5.75 Å². The number of aromatic hydroxyl groups is 1. The molecule has 5 nitrogen and oxygen atoms in total. The molecular formula is C17H26N2O3. The van der Waals surface area contributed by atoms with E-state index in [1.54, 1.807) is 4.90 Å². The largest absolute Gasteiger partial charge is 0.507 e. The van der Waals surface area contributed by atoms with E-state index >= 15 is 0 Å². The van der Waals surface area contributed by atoms with Crippen molar-refractivity contribution in [2.24, 2.45) is 0 Å². The Labute approximate surface area is 132 Å². The topological polar surface area (TPSA) is 61.8 Å². The summed E-state index contributed by atoms with van der Waals surface area (Å²) in [6.07, 6.45) is -0.272. The molecule has 1 aromatic carbocycles. The summed E-state index contributed by atoms with van der Waals surface area (Å²) < 4.78 is 5.45. The second kappa shape index (κ2) is 6.16. The molecule has 1 saturated heterocycles. The summed E-state index contributed by atoms with van der Waals surface area (Å²) in [6.45, 7) is 11.3. The van der Waals surface area contributed by atoms with E-state index in [2.05, 4.69) is 5.32 Å². The van der Waals surface area contributed by atoms with E-state index in [1.807, 2.05) is 46.8 Å². The maximum atomic E-state index is 12.2. The number of benzene rings is 1. The van der Waals surface area contributed by atoms with E-state index in [0.717, 1.165) is 23.2 Å². The Kier molecular flexibility index (Phi) is 4.66. The summed E-state index contributed by atoms with van der Waals surface area (Å²) in [5, 5.41) is 13.3. The summed E-state index contributed by atoms with van der Waals surface area (Å²) in [5.74, 6) is 0.337. The van der Waals surface area contributed by atoms with Crippen molar-refractivity contribution in [3.8, 4) is 5.75 Å². The summed E-state index contributed by atoms with van der Waals surface area (Å²) in [6, 6.07) is 4.00. The molecule has 0 aliphatic carbocycles. The molecule has 1 aliphatic rings. The molecule has 0 spiro atoms. The zero-order valence-electron chi connectivity index (χ0n) is 14.1. The van der Waals surface area contributed by atoms with Crippen LogP contribution in [0, 0.1) is 13.8 Å². The van der Waals surface area contributed by atoms with Crippen LogP contribution < -0.4 is 5.32 Å². The van der Waals surface area contributed by atoms with Gasteiger partial charge in [0.05, 0.1) is 6.04 Å². The number of ether oxygens (including phenoxy) is 1. The number of phenolic OH excluding ortho intramolecular Hbond substituents is 1. The fourth-order valence-corrected chi connectivity index (χ4v) is 2.66. The van der Waals surface area contributed by atoms with Gasteiger partial charge in [-0.2, -0.15) is 0 Å². The third-order valence-corrected chi connectivity index (χ3v) is 3.74. The van der Waals surface area contributed by atoms with Crippen LogP contribution in [0.2, 0.25) is 0 Å². The van der Waals surface area contributed by atoms with Gasteiger partial charge in [-0.25, -0.2) is 4.79 Å². The minimum atomic E-state index is -0.483. The summed E-state index contributed by atoms with van der Waals surface area (Å²) in [5.41, 5.74) is 2.31. The molecule has 0 aromatic heterocycles. The van der Waals surface area contributed by atoms with Crippen LogP contribution in [0.3, 0.4) is 0 Å². The number of nitrogens with one attached hydrogen (secondary N) is 1. The summed E-state index contributed by atoms with van der Waals surface area (Å²) in [4.78, 5) is 14.0. The molecule has 122 valence electrons. The molecule has 5 heteroatoms. The van der Waals surface area contributed by atoms with Crippen molar-refractivity contribution in [1.29, 1.82) is 0 Å². The second-order valence-electron chi connectivity index (χ2n) is 6.94. The Morgan fingerprint density at radius 1 is 1.32 bits per heavy atom. The van der Waals surface area contributed by atoms with Crippen molar-refractivity contribution in [3.05, 3.63) is 28.8 Å². The van der Waals surface area contributed by atoms with Crippen molar-refractivity contribution in [2.75, 3.05) is 19.6 Å². The maximum absolute atomic E-state index is 12.2. The number of hydrogen-bond acceptors (Lipinski definition) is 4. The Hall–Kier alpha value is -1.75. The molecule has 0 saturated carbocycles. The average molecular weight is 306 g/mol. The number of nitrogens with zero attached hydrogens (tertiary/aromatic N) is 1. The van der Waals surface area contributed by atoms with Gasteiger partial charge in [0, 0.05) is 19.6 Å². The van der Waals surface area contributed by atoms with Gasteiger partial charge in [-0.15, -0.1) is 0 Å². The second-order valence-corrected chi connectivity index (χ2v) is 6.94. The molecular weight excluding hydrogens is 280 g/mol. The minimum Gasteiger partial charge on any atom is -0.507 e. The minimum absolute atomic E-state index is 0.0549. The quantitative estimate of drug-likeness (QED) is 0.837. The maximum Gasteiger partial charge on any atom is 0.410 e. The van der Waals surface area contributed by atoms with Gasteiger partial charge in [0.15, 0.2) is 0 Å². The molecule has 1 atom stereocenters. The number of phenols is 1. The van der Waals surface area contributed by atoms with Crippen molar-refractivity contribution in [3.63, 3.8) is 0 Å². The van der Waals surface area contributed by atoms with Gasteiger partial charge in [0.2, 0.25) is 0 Å². The van der Waals surface area contributed by atoms with Gasteiger partial charge < -0.3 is 20.1 Å². The summed E-state index contributed by atoms with van der Waals surface area (Å²) in [7, 11) is 0. The van der Waals surface area contributed by atoms with Crippen LogP contribution in [0.1, 0.15) is 43.5 Å². The fraction of sp³-hybridized carbons (Fsp3) is 0.588. The number of rotatable bonds is 1. The van der Waals surface area contributed by atoms with Gasteiger partial charge >= 0.3 is 6.09 Å². The first-order valence-electron chi connectivity index (χ1n) is 7.69. The average Bonchev–Trinajstić information content (AvgIpc) is 2.42. The Morgan fingerprint density at radius 3 is 2.45 bits per heavy atom. The van der Waals surface area contributed by atoms with Crippen molar-refractivity contribution < 1.29 is 14.6 Å². The standard InChI is InChI=1S/C17H26N2O3/c1-11-8-13(9-12(2)15(11)20)14-10-19(7-6-18-14)16(21)22-17(3,4)5/h8-9,14,18,20H,6-7,10H2,1-5H3. The Bertz CT molecular complexity index is 541. The molecule has 1 fully saturated rings. The Balaban J connectivity index is 2.12. The SMILES string of the molecule is Cc1cc(C2CN(C(=O)OC(C)(C)C)CCN2)cc(C)c1O. The van der Waals surface area contributed by atoms with Crippen molar-refractivity contribution in [2.45, 2.75) is 46.3 Å². The number of piperazine rings is 1. The van der Waals surface area contributed by atoms with E-state index in [0.29, 0.717) is 18.8 Å². The predicted molar refractivity (Wildman–Crippen MR) is 86.1 cm³/mol. The number of amides is 1. The zero-order chi connectivity index (χ0) is 16.5. The fourth-order valence-electron chi connectivity index (χ4n) is 2.66. The molecule has 1 aromatic rings. The highest BCUT2D eigenvalue weighted by Gasteiger charge is 2.28. The van der Waals surface area contributed by atoms with E-state index in [4.69, 9.17) is 4.74 Å². The molecule has 1 unspecified atom stereocenters. The third-order valence-electron chi connectivity index (χ3n) is 3.74. The number of hydrogen-bond donors (Lipinski definition) is 2. The number of carbonyl (C=O) groups is 1. The molecule has 1 amide bonds. The van der Waals surface area contributed by atoms with Crippen LogP contribution in [-0.2, 0) is 4.74 Å². The van der Waals surface area contributed by atoms with Crippen LogP contribution >= 0.6 is 0 Å². The van der Waals surface area contributed by atoms with Gasteiger partial charge in [-0.3, -0.25) is 0 Å². The molecule has 22 heavy (non-hydrogen) atoms. The normalized spacial score (nSPS) is 19.1. The monoisotopic (exact) mass is 306 g/mol. The van der Waals surface area contributed by atoms with Crippen LogP contribution in [0.4, 0.5) is 4.79 Å². The molecule has 2 rings (SSSR count). The lowest BCUT2D eigenvalue weighted by atomic mass is 9.99. The third kappa shape index (κ3) is 3.91. The first kappa shape index (κ1) is 16.6. The van der Waals surface area contributed by atoms with E-state index < -0.39 is 5.60 Å². The lowest BCUT2D eigenvalue weighted by Crippen LogP contribution is -2.49. The smallest absolute Gasteiger partial charge is 0.410 e. The van der Waals surface area contributed by atoms with E-state index in [1.165, 1.54) is 0 Å². The predicted octanol–water partition coefficient (Wildman–Crippen LogP) is 2.89. The summed E-state index contributed by atoms with van der Waals surface area (Å²) >= 11 is 0. The lowest BCUT2D eigenvalue weighted by Gasteiger charge is -2.35. The van der Waals surface area contributed by atoms with Gasteiger partial charge in [0.1, 0.15) is 11.4 Å². The van der Waals surface area contributed by atoms with Gasteiger partial charge in [-0.1, -0.05) is 12.1 Å². The van der Waals surface area contributed by atoms with Crippen LogP contribution in [0.25, 0.3) is 0 Å². The first-order chi connectivity index (χ1) is 10.2. The highest BCUT2D eigenvalue weighted by Crippen LogP contribution is 2.27. The first-order valence-corrected chi connectivity index (χ1v) is 7.69.